The van der Waals surface area contributed by atoms with E-state index in [1.54, 1.807) is 25.1 Å². The average Bonchev–Trinajstić information content (AvgIpc) is 2.71. The first kappa shape index (κ1) is 15.8. The van der Waals surface area contributed by atoms with Crippen LogP contribution in [0.2, 0.25) is 5.15 Å². The first-order valence-corrected chi connectivity index (χ1v) is 7.14. The summed E-state index contributed by atoms with van der Waals surface area (Å²) in [6.45, 7) is 7.72. The average molecular weight is 341 g/mol. The van der Waals surface area contributed by atoms with Gasteiger partial charge in [-0.3, -0.25) is 0 Å². The number of aromatic nitrogens is 1. The van der Waals surface area contributed by atoms with Crippen molar-refractivity contribution in [3.63, 3.8) is 0 Å². The SMILES string of the molecule is CC.CC#C/C=C\c1oc2c(C)cc(Cl)nc2c1Br. The molecule has 0 aliphatic heterocycles. The molecule has 0 saturated carbocycles. The Hall–Kier alpha value is -1.24. The molecule has 0 aliphatic rings. The lowest BCUT2D eigenvalue weighted by Gasteiger charge is -1.94. The number of rotatable bonds is 1. The normalized spacial score (nSPS) is 10.0. The molecule has 100 valence electrons. The first-order valence-electron chi connectivity index (χ1n) is 5.97. The molecule has 0 spiro atoms. The highest BCUT2D eigenvalue weighted by atomic mass is 79.9. The fourth-order valence-corrected chi connectivity index (χ4v) is 2.21. The van der Waals surface area contributed by atoms with Crippen molar-refractivity contribution >= 4 is 44.7 Å². The monoisotopic (exact) mass is 339 g/mol. The fraction of sp³-hybridized carbons (Fsp3) is 0.267. The summed E-state index contributed by atoms with van der Waals surface area (Å²) in [6.07, 6.45) is 3.54. The molecule has 0 unspecified atom stereocenters. The number of fused-ring (bicyclic) bond motifs is 1. The lowest BCUT2D eigenvalue weighted by atomic mass is 10.2. The number of pyridine rings is 1. The lowest BCUT2D eigenvalue weighted by Crippen LogP contribution is -1.80. The summed E-state index contributed by atoms with van der Waals surface area (Å²) < 4.78 is 6.51. The third-order valence-electron chi connectivity index (χ3n) is 2.23. The number of furan rings is 1. The van der Waals surface area contributed by atoms with Crippen LogP contribution in [0.5, 0.6) is 0 Å². The van der Waals surface area contributed by atoms with Gasteiger partial charge in [0, 0.05) is 0 Å². The topological polar surface area (TPSA) is 26.0 Å². The van der Waals surface area contributed by atoms with Gasteiger partial charge < -0.3 is 4.42 Å². The van der Waals surface area contributed by atoms with Gasteiger partial charge in [-0.05, 0) is 53.6 Å². The predicted octanol–water partition coefficient (Wildman–Crippen LogP) is 5.61. The van der Waals surface area contributed by atoms with Crippen molar-refractivity contribution in [1.82, 2.24) is 4.98 Å². The van der Waals surface area contributed by atoms with E-state index in [9.17, 15) is 0 Å². The molecule has 0 bridgehead atoms. The van der Waals surface area contributed by atoms with Crippen molar-refractivity contribution in [3.05, 3.63) is 33.1 Å². The van der Waals surface area contributed by atoms with Gasteiger partial charge >= 0.3 is 0 Å². The quantitative estimate of drug-likeness (QED) is 0.498. The van der Waals surface area contributed by atoms with Crippen LogP contribution in [0.25, 0.3) is 17.2 Å². The first-order chi connectivity index (χ1) is 9.13. The van der Waals surface area contributed by atoms with Crippen LogP contribution in [0, 0.1) is 18.8 Å². The zero-order chi connectivity index (χ0) is 14.4. The highest BCUT2D eigenvalue weighted by molar-refractivity contribution is 9.10. The molecule has 2 nitrogen and oxygen atoms in total. The minimum absolute atomic E-state index is 0.459. The molecule has 0 fully saturated rings. The molecule has 19 heavy (non-hydrogen) atoms. The molecule has 0 aromatic carbocycles. The number of allylic oxidation sites excluding steroid dienone is 1. The second-order valence-corrected chi connectivity index (χ2v) is 4.63. The summed E-state index contributed by atoms with van der Waals surface area (Å²) in [7, 11) is 0. The summed E-state index contributed by atoms with van der Waals surface area (Å²) in [6, 6.07) is 1.78. The molecule has 0 saturated heterocycles. The number of hydrogen-bond acceptors (Lipinski definition) is 2. The Bertz CT molecular complexity index is 662. The van der Waals surface area contributed by atoms with Crippen molar-refractivity contribution in [2.45, 2.75) is 27.7 Å². The van der Waals surface area contributed by atoms with E-state index in [1.807, 2.05) is 20.8 Å². The molecular weight excluding hydrogens is 326 g/mol. The van der Waals surface area contributed by atoms with Crippen LogP contribution in [-0.2, 0) is 0 Å². The van der Waals surface area contributed by atoms with Crippen LogP contribution in [0.15, 0.2) is 21.0 Å². The Labute approximate surface area is 127 Å². The number of halogens is 2. The summed E-state index contributed by atoms with van der Waals surface area (Å²) in [5.41, 5.74) is 2.44. The van der Waals surface area contributed by atoms with Gasteiger partial charge in [0.15, 0.2) is 5.58 Å². The lowest BCUT2D eigenvalue weighted by molar-refractivity contribution is 0.599. The van der Waals surface area contributed by atoms with Gasteiger partial charge in [-0.1, -0.05) is 31.4 Å². The molecular formula is C15H15BrClNO. The maximum Gasteiger partial charge on any atom is 0.157 e. The van der Waals surface area contributed by atoms with E-state index in [2.05, 4.69) is 32.8 Å². The Balaban J connectivity index is 0.000000861. The highest BCUT2D eigenvalue weighted by Gasteiger charge is 2.13. The van der Waals surface area contributed by atoms with Gasteiger partial charge in [-0.15, -0.1) is 5.92 Å². The molecule has 4 heteroatoms. The summed E-state index contributed by atoms with van der Waals surface area (Å²) in [4.78, 5) is 4.24. The molecule has 0 radical (unpaired) electrons. The zero-order valence-corrected chi connectivity index (χ0v) is 13.7. The van der Waals surface area contributed by atoms with Crippen LogP contribution in [-0.4, -0.2) is 4.98 Å². The van der Waals surface area contributed by atoms with Gasteiger partial charge in [0.2, 0.25) is 0 Å². The third kappa shape index (κ3) is 3.62. The van der Waals surface area contributed by atoms with Gasteiger partial charge in [-0.2, -0.15) is 0 Å². The maximum atomic E-state index is 5.92. The number of hydrogen-bond donors (Lipinski definition) is 0. The summed E-state index contributed by atoms with van der Waals surface area (Å²) in [5.74, 6) is 6.31. The predicted molar refractivity (Wildman–Crippen MR) is 85.3 cm³/mol. The van der Waals surface area contributed by atoms with Gasteiger partial charge in [0.05, 0.1) is 4.47 Å². The molecule has 0 N–H and O–H groups in total. The van der Waals surface area contributed by atoms with E-state index < -0.39 is 0 Å². The smallest absolute Gasteiger partial charge is 0.157 e. The van der Waals surface area contributed by atoms with Crippen LogP contribution < -0.4 is 0 Å². The van der Waals surface area contributed by atoms with E-state index in [4.69, 9.17) is 16.0 Å². The molecule has 2 heterocycles. The Kier molecular flexibility index (Phi) is 6.14. The minimum Gasteiger partial charge on any atom is -0.453 e. The maximum absolute atomic E-state index is 5.92. The van der Waals surface area contributed by atoms with E-state index >= 15 is 0 Å². The standard InChI is InChI=1S/C13H9BrClNO.C2H6/c1-3-4-5-6-9-11(14)12-13(17-9)8(2)7-10(15)16-12;1-2/h5-7H,1-2H3;1-2H3/b6-5-;. The van der Waals surface area contributed by atoms with E-state index in [1.165, 1.54) is 0 Å². The largest absolute Gasteiger partial charge is 0.453 e. The van der Waals surface area contributed by atoms with Crippen molar-refractivity contribution < 1.29 is 4.42 Å². The van der Waals surface area contributed by atoms with Gasteiger partial charge in [-0.25, -0.2) is 4.98 Å². The highest BCUT2D eigenvalue weighted by Crippen LogP contribution is 2.33. The summed E-state index contributed by atoms with van der Waals surface area (Å²) in [5, 5.41) is 0.459. The Morgan fingerprint density at radius 1 is 1.42 bits per heavy atom. The second-order valence-electron chi connectivity index (χ2n) is 3.45. The molecule has 0 amide bonds. The number of nitrogens with zero attached hydrogens (tertiary/aromatic N) is 1. The third-order valence-corrected chi connectivity index (χ3v) is 3.19. The molecule has 2 aromatic heterocycles. The van der Waals surface area contributed by atoms with Crippen molar-refractivity contribution in [2.75, 3.05) is 0 Å². The van der Waals surface area contributed by atoms with Gasteiger partial charge in [0.25, 0.3) is 0 Å². The molecule has 2 aromatic rings. The Morgan fingerprint density at radius 3 is 2.74 bits per heavy atom. The number of aryl methyl sites for hydroxylation is 1. The van der Waals surface area contributed by atoms with E-state index in [0.717, 1.165) is 21.1 Å². The van der Waals surface area contributed by atoms with Crippen molar-refractivity contribution in [2.24, 2.45) is 0 Å². The van der Waals surface area contributed by atoms with Crippen LogP contribution >= 0.6 is 27.5 Å². The molecule has 0 aliphatic carbocycles. The van der Waals surface area contributed by atoms with Crippen LogP contribution in [0.1, 0.15) is 32.1 Å². The minimum atomic E-state index is 0.459. The van der Waals surface area contributed by atoms with Gasteiger partial charge in [0.1, 0.15) is 16.4 Å². The van der Waals surface area contributed by atoms with Crippen molar-refractivity contribution in [3.8, 4) is 11.8 Å². The van der Waals surface area contributed by atoms with Crippen molar-refractivity contribution in [1.29, 1.82) is 0 Å². The summed E-state index contributed by atoms with van der Waals surface area (Å²) >= 11 is 9.38. The fourth-order valence-electron chi connectivity index (χ4n) is 1.48. The Morgan fingerprint density at radius 2 is 2.11 bits per heavy atom. The van der Waals surface area contributed by atoms with E-state index in [0.29, 0.717) is 10.9 Å². The molecule has 0 atom stereocenters. The van der Waals surface area contributed by atoms with Crippen LogP contribution in [0.4, 0.5) is 0 Å². The van der Waals surface area contributed by atoms with E-state index in [-0.39, 0.29) is 0 Å². The molecule has 2 rings (SSSR count). The van der Waals surface area contributed by atoms with Crippen LogP contribution in [0.3, 0.4) is 0 Å². The zero-order valence-electron chi connectivity index (χ0n) is 11.3. The second kappa shape index (κ2) is 7.37.